The van der Waals surface area contributed by atoms with Crippen LogP contribution >= 0.6 is 34.8 Å². The Labute approximate surface area is 248 Å². The minimum atomic E-state index is -1.29. The average Bonchev–Trinajstić information content (AvgIpc) is 3.49. The van der Waals surface area contributed by atoms with Crippen molar-refractivity contribution in [2.45, 2.75) is 68.9 Å². The van der Waals surface area contributed by atoms with Gasteiger partial charge in [0, 0.05) is 23.3 Å². The summed E-state index contributed by atoms with van der Waals surface area (Å²) in [6, 6.07) is 11.1. The number of carbonyl (C=O) groups excluding carboxylic acids is 3. The van der Waals surface area contributed by atoms with Gasteiger partial charge in [0.25, 0.3) is 0 Å². The summed E-state index contributed by atoms with van der Waals surface area (Å²) < 4.78 is 6.60. The summed E-state index contributed by atoms with van der Waals surface area (Å²) in [4.78, 5) is 43.7. The van der Waals surface area contributed by atoms with Crippen molar-refractivity contribution >= 4 is 58.2 Å². The first-order valence-corrected chi connectivity index (χ1v) is 14.8. The molecular formula is C30H30Cl3N3O4. The number of hydrogen-bond acceptors (Lipinski definition) is 4. The summed E-state index contributed by atoms with van der Waals surface area (Å²) in [5.41, 5.74) is -1.19. The van der Waals surface area contributed by atoms with Gasteiger partial charge < -0.3 is 20.3 Å². The second-order valence-electron chi connectivity index (χ2n) is 11.3. The quantitative estimate of drug-likeness (QED) is 0.411. The molecule has 1 spiro atoms. The smallest absolute Gasteiger partial charge is 0.246 e. The zero-order valence-corrected chi connectivity index (χ0v) is 24.2. The maximum Gasteiger partial charge on any atom is 0.246 e. The molecule has 3 amide bonds. The number of hydrogen-bond donors (Lipinski definition) is 2. The fraction of sp³-hybridized carbons (Fsp3) is 0.433. The molecule has 40 heavy (non-hydrogen) atoms. The molecule has 0 aromatic heterocycles. The van der Waals surface area contributed by atoms with E-state index in [2.05, 4.69) is 10.6 Å². The number of nitrogens with one attached hydrogen (secondary N) is 2. The zero-order chi connectivity index (χ0) is 28.2. The lowest BCUT2D eigenvalue weighted by molar-refractivity contribution is -0.145. The molecular weight excluding hydrogens is 573 g/mol. The lowest BCUT2D eigenvalue weighted by atomic mass is 9.70. The Kier molecular flexibility index (Phi) is 7.14. The van der Waals surface area contributed by atoms with Crippen LogP contribution in [0, 0.1) is 11.8 Å². The molecule has 3 fully saturated rings. The van der Waals surface area contributed by atoms with E-state index in [4.69, 9.17) is 39.5 Å². The Bertz CT molecular complexity index is 1410. The minimum Gasteiger partial charge on any atom is -0.356 e. The highest BCUT2D eigenvalue weighted by atomic mass is 35.5. The lowest BCUT2D eigenvalue weighted by Crippen LogP contribution is -2.56. The van der Waals surface area contributed by atoms with E-state index in [1.54, 1.807) is 36.1 Å². The van der Waals surface area contributed by atoms with E-state index in [0.29, 0.717) is 26.3 Å². The predicted molar refractivity (Wildman–Crippen MR) is 154 cm³/mol. The standard InChI is InChI=1S/C30H30Cl3N3O4/c1-29-13-14-30(40-29)24(23(29)26(37)35-19-11-12-21(32)22(33)15-19)28(39)36(16-17-7-5-6-10-20(17)31)25(30)27(38)34-18-8-3-2-4-9-18/h5-7,10-15,18,23-25H,2-4,8-9,16H2,1H3,(H,34,38)(H,35,37)/t23-,24-,25+,29-,30+/m1/s1. The molecule has 2 aromatic rings. The minimum absolute atomic E-state index is 0.0425. The first-order chi connectivity index (χ1) is 19.1. The van der Waals surface area contributed by atoms with Crippen LogP contribution < -0.4 is 10.6 Å². The van der Waals surface area contributed by atoms with E-state index in [1.807, 2.05) is 30.4 Å². The highest BCUT2D eigenvalue weighted by Crippen LogP contribution is 2.60. The zero-order valence-electron chi connectivity index (χ0n) is 22.0. The van der Waals surface area contributed by atoms with Crippen molar-refractivity contribution in [3.8, 4) is 0 Å². The fourth-order valence-corrected chi connectivity index (χ4v) is 7.42. The number of rotatable bonds is 6. The van der Waals surface area contributed by atoms with Gasteiger partial charge in [-0.2, -0.15) is 0 Å². The molecule has 0 radical (unpaired) electrons. The van der Waals surface area contributed by atoms with Crippen molar-refractivity contribution in [1.29, 1.82) is 0 Å². The normalized spacial score (nSPS) is 30.9. The van der Waals surface area contributed by atoms with Crippen LogP contribution in [0.25, 0.3) is 0 Å². The number of nitrogens with zero attached hydrogens (tertiary/aromatic N) is 1. The summed E-state index contributed by atoms with van der Waals surface area (Å²) in [6.07, 6.45) is 8.69. The second kappa shape index (κ2) is 10.4. The molecule has 1 aliphatic carbocycles. The van der Waals surface area contributed by atoms with Gasteiger partial charge in [-0.3, -0.25) is 14.4 Å². The monoisotopic (exact) mass is 601 g/mol. The average molecular weight is 603 g/mol. The first-order valence-electron chi connectivity index (χ1n) is 13.6. The van der Waals surface area contributed by atoms with Crippen LogP contribution in [0.5, 0.6) is 0 Å². The Morgan fingerprint density at radius 2 is 1.73 bits per heavy atom. The molecule has 2 saturated heterocycles. The Balaban J connectivity index is 1.36. The summed E-state index contributed by atoms with van der Waals surface area (Å²) in [5, 5.41) is 7.25. The highest BCUT2D eigenvalue weighted by Gasteiger charge is 2.76. The van der Waals surface area contributed by atoms with E-state index < -0.39 is 35.0 Å². The van der Waals surface area contributed by atoms with E-state index >= 15 is 0 Å². The number of ether oxygens (including phenoxy) is 1. The molecule has 1 saturated carbocycles. The number of anilines is 1. The van der Waals surface area contributed by atoms with Gasteiger partial charge >= 0.3 is 0 Å². The fourth-order valence-electron chi connectivity index (χ4n) is 6.93. The number of likely N-dealkylation sites (tertiary alicyclic amines) is 1. The van der Waals surface area contributed by atoms with E-state index in [-0.39, 0.29) is 24.4 Å². The Morgan fingerprint density at radius 1 is 0.975 bits per heavy atom. The molecule has 5 atom stereocenters. The van der Waals surface area contributed by atoms with Crippen LogP contribution in [0.2, 0.25) is 15.1 Å². The van der Waals surface area contributed by atoms with Crippen molar-refractivity contribution in [2.75, 3.05) is 5.32 Å². The molecule has 2 bridgehead atoms. The van der Waals surface area contributed by atoms with Gasteiger partial charge in [-0.1, -0.05) is 84.4 Å². The topological polar surface area (TPSA) is 87.7 Å². The molecule has 7 nitrogen and oxygen atoms in total. The number of fused-ring (bicyclic) bond motifs is 1. The number of benzene rings is 2. The largest absolute Gasteiger partial charge is 0.356 e. The number of carbonyl (C=O) groups is 3. The van der Waals surface area contributed by atoms with Crippen LogP contribution in [-0.2, 0) is 25.7 Å². The van der Waals surface area contributed by atoms with Crippen LogP contribution in [0.15, 0.2) is 54.6 Å². The first kappa shape index (κ1) is 27.6. The molecule has 2 N–H and O–H groups in total. The molecule has 4 aliphatic rings. The lowest BCUT2D eigenvalue weighted by Gasteiger charge is -2.34. The van der Waals surface area contributed by atoms with Crippen LogP contribution in [-0.4, -0.2) is 45.9 Å². The number of halogens is 3. The van der Waals surface area contributed by atoms with Crippen LogP contribution in [0.4, 0.5) is 5.69 Å². The molecule has 3 aliphatic heterocycles. The second-order valence-corrected chi connectivity index (χ2v) is 12.6. The third-order valence-electron chi connectivity index (χ3n) is 8.76. The van der Waals surface area contributed by atoms with Gasteiger partial charge in [0.15, 0.2) is 0 Å². The summed E-state index contributed by atoms with van der Waals surface area (Å²) >= 11 is 18.7. The maximum absolute atomic E-state index is 14.3. The maximum atomic E-state index is 14.3. The third kappa shape index (κ3) is 4.51. The molecule has 0 unspecified atom stereocenters. The van der Waals surface area contributed by atoms with Crippen molar-refractivity contribution in [2.24, 2.45) is 11.8 Å². The van der Waals surface area contributed by atoms with Gasteiger partial charge in [0.2, 0.25) is 17.7 Å². The van der Waals surface area contributed by atoms with Crippen molar-refractivity contribution in [3.05, 3.63) is 75.2 Å². The van der Waals surface area contributed by atoms with Gasteiger partial charge in [-0.15, -0.1) is 0 Å². The van der Waals surface area contributed by atoms with Gasteiger partial charge in [0.1, 0.15) is 11.6 Å². The molecule has 2 aromatic carbocycles. The van der Waals surface area contributed by atoms with E-state index in [1.165, 1.54) is 0 Å². The molecule has 3 heterocycles. The van der Waals surface area contributed by atoms with Crippen molar-refractivity contribution in [1.82, 2.24) is 10.2 Å². The van der Waals surface area contributed by atoms with Crippen LogP contribution in [0.1, 0.15) is 44.6 Å². The van der Waals surface area contributed by atoms with Crippen molar-refractivity contribution in [3.63, 3.8) is 0 Å². The molecule has 210 valence electrons. The van der Waals surface area contributed by atoms with Gasteiger partial charge in [-0.25, -0.2) is 0 Å². The Hall–Kier alpha value is -2.58. The van der Waals surface area contributed by atoms with E-state index in [9.17, 15) is 14.4 Å². The third-order valence-corrected chi connectivity index (χ3v) is 9.87. The van der Waals surface area contributed by atoms with Crippen molar-refractivity contribution < 1.29 is 19.1 Å². The summed E-state index contributed by atoms with van der Waals surface area (Å²) in [6.45, 7) is 1.91. The van der Waals surface area contributed by atoms with Gasteiger partial charge in [-0.05, 0) is 49.6 Å². The van der Waals surface area contributed by atoms with Crippen LogP contribution in [0.3, 0.4) is 0 Å². The molecule has 10 heteroatoms. The molecule has 6 rings (SSSR count). The van der Waals surface area contributed by atoms with Gasteiger partial charge in [0.05, 0.1) is 27.5 Å². The number of amides is 3. The highest BCUT2D eigenvalue weighted by molar-refractivity contribution is 6.42. The Morgan fingerprint density at radius 3 is 2.45 bits per heavy atom. The van der Waals surface area contributed by atoms with E-state index in [0.717, 1.165) is 32.1 Å². The summed E-state index contributed by atoms with van der Waals surface area (Å²) in [5.74, 6) is -2.74. The SMILES string of the molecule is C[C@]12C=C[C@@]3(O1)[C@H](C(=O)NC1CCCCC1)N(Cc1ccccc1Cl)C(=O)[C@H]3[C@@H]2C(=O)Nc1ccc(Cl)c(Cl)c1. The summed E-state index contributed by atoms with van der Waals surface area (Å²) in [7, 11) is 0. The predicted octanol–water partition coefficient (Wildman–Crippen LogP) is 5.78.